The van der Waals surface area contributed by atoms with Gasteiger partial charge in [-0.15, -0.1) is 0 Å². The fourth-order valence-corrected chi connectivity index (χ4v) is 3.13. The maximum atomic E-state index is 11.6. The Kier molecular flexibility index (Phi) is 5.56. The molecule has 0 bridgehead atoms. The number of carboxylic acids is 1. The predicted molar refractivity (Wildman–Crippen MR) is 80.1 cm³/mol. The number of methoxy groups -OCH3 is 1. The maximum absolute atomic E-state index is 11.6. The standard InChI is InChI=1S/C16H25NO4/c1-3-12-21-16(20-2)9-7-8-13(15(18)19)14(16)17-10-5-4-6-11-17/h7-9,14H,3-6,10-12H2,1-2H3,(H,18,19). The Morgan fingerprint density at radius 2 is 2.14 bits per heavy atom. The van der Waals surface area contributed by atoms with E-state index >= 15 is 0 Å². The maximum Gasteiger partial charge on any atom is 0.333 e. The highest BCUT2D eigenvalue weighted by molar-refractivity contribution is 5.89. The Labute approximate surface area is 126 Å². The van der Waals surface area contributed by atoms with Gasteiger partial charge in [0.1, 0.15) is 6.04 Å². The molecule has 0 aromatic carbocycles. The second-order valence-electron chi connectivity index (χ2n) is 5.56. The summed E-state index contributed by atoms with van der Waals surface area (Å²) in [5.74, 6) is -1.91. The van der Waals surface area contributed by atoms with Crippen molar-refractivity contribution in [1.29, 1.82) is 0 Å². The summed E-state index contributed by atoms with van der Waals surface area (Å²) in [6.07, 6.45) is 9.45. The Bertz CT molecular complexity index is 426. The first-order valence-corrected chi connectivity index (χ1v) is 7.70. The molecule has 0 aromatic rings. The van der Waals surface area contributed by atoms with Gasteiger partial charge >= 0.3 is 5.97 Å². The second kappa shape index (κ2) is 7.20. The molecule has 0 saturated carbocycles. The zero-order chi connectivity index (χ0) is 15.3. The van der Waals surface area contributed by atoms with Crippen LogP contribution < -0.4 is 0 Å². The SMILES string of the molecule is CCCOC1(OC)C=CC=C(C(=O)O)C1N1CCCCC1. The lowest BCUT2D eigenvalue weighted by atomic mass is 9.89. The zero-order valence-corrected chi connectivity index (χ0v) is 12.9. The van der Waals surface area contributed by atoms with E-state index in [1.54, 1.807) is 19.3 Å². The van der Waals surface area contributed by atoms with Gasteiger partial charge in [-0.25, -0.2) is 4.79 Å². The molecule has 2 unspecified atom stereocenters. The van der Waals surface area contributed by atoms with Crippen LogP contribution in [0.2, 0.25) is 0 Å². The van der Waals surface area contributed by atoms with Gasteiger partial charge in [-0.3, -0.25) is 4.90 Å². The smallest absolute Gasteiger partial charge is 0.333 e. The first-order chi connectivity index (χ1) is 10.1. The summed E-state index contributed by atoms with van der Waals surface area (Å²) >= 11 is 0. The predicted octanol–water partition coefficient (Wildman–Crippen LogP) is 2.19. The van der Waals surface area contributed by atoms with E-state index < -0.39 is 17.8 Å². The van der Waals surface area contributed by atoms with Crippen LogP contribution in [-0.2, 0) is 14.3 Å². The molecule has 1 fully saturated rings. The molecule has 0 aromatic heterocycles. The van der Waals surface area contributed by atoms with Crippen LogP contribution in [0.5, 0.6) is 0 Å². The number of ether oxygens (including phenoxy) is 2. The molecule has 2 aliphatic rings. The minimum absolute atomic E-state index is 0.345. The number of hydrogen-bond acceptors (Lipinski definition) is 4. The van der Waals surface area contributed by atoms with E-state index in [1.807, 2.05) is 13.0 Å². The molecular weight excluding hydrogens is 270 g/mol. The molecule has 2 atom stereocenters. The van der Waals surface area contributed by atoms with Gasteiger partial charge in [-0.1, -0.05) is 25.5 Å². The highest BCUT2D eigenvalue weighted by Gasteiger charge is 2.47. The summed E-state index contributed by atoms with van der Waals surface area (Å²) in [4.78, 5) is 13.8. The Morgan fingerprint density at radius 3 is 2.71 bits per heavy atom. The molecule has 1 aliphatic carbocycles. The molecule has 5 heteroatoms. The monoisotopic (exact) mass is 295 g/mol. The van der Waals surface area contributed by atoms with E-state index in [1.165, 1.54) is 6.42 Å². The Hall–Kier alpha value is -1.17. The third-order valence-corrected chi connectivity index (χ3v) is 4.13. The van der Waals surface area contributed by atoms with Crippen molar-refractivity contribution in [2.24, 2.45) is 0 Å². The van der Waals surface area contributed by atoms with Crippen molar-refractivity contribution in [3.63, 3.8) is 0 Å². The van der Waals surface area contributed by atoms with Crippen LogP contribution in [0.3, 0.4) is 0 Å². The minimum atomic E-state index is -1.00. The summed E-state index contributed by atoms with van der Waals surface area (Å²) in [5.41, 5.74) is 0.345. The highest BCUT2D eigenvalue weighted by Crippen LogP contribution is 2.34. The summed E-state index contributed by atoms with van der Waals surface area (Å²) in [5, 5.41) is 9.55. The summed E-state index contributed by atoms with van der Waals surface area (Å²) in [6, 6.07) is -0.392. The topological polar surface area (TPSA) is 59.0 Å². The molecule has 1 N–H and O–H groups in total. The van der Waals surface area contributed by atoms with Gasteiger partial charge in [0.2, 0.25) is 5.79 Å². The van der Waals surface area contributed by atoms with E-state index in [0.717, 1.165) is 32.4 Å². The fraction of sp³-hybridized carbons (Fsp3) is 0.688. The number of allylic oxidation sites excluding steroid dienone is 2. The molecular formula is C16H25NO4. The first kappa shape index (κ1) is 16.2. The van der Waals surface area contributed by atoms with Crippen molar-refractivity contribution in [2.45, 2.75) is 44.4 Å². The second-order valence-corrected chi connectivity index (χ2v) is 5.56. The first-order valence-electron chi connectivity index (χ1n) is 7.70. The van der Waals surface area contributed by atoms with Crippen molar-refractivity contribution >= 4 is 5.97 Å². The fourth-order valence-electron chi connectivity index (χ4n) is 3.13. The van der Waals surface area contributed by atoms with E-state index in [2.05, 4.69) is 4.90 Å². The Balaban J connectivity index is 2.34. The summed E-state index contributed by atoms with van der Waals surface area (Å²) < 4.78 is 11.6. The molecule has 0 spiro atoms. The lowest BCUT2D eigenvalue weighted by molar-refractivity contribution is -0.220. The van der Waals surface area contributed by atoms with Gasteiger partial charge < -0.3 is 14.6 Å². The van der Waals surface area contributed by atoms with Crippen LogP contribution in [0.25, 0.3) is 0 Å². The van der Waals surface area contributed by atoms with Crippen LogP contribution in [0.4, 0.5) is 0 Å². The minimum Gasteiger partial charge on any atom is -0.478 e. The molecule has 0 radical (unpaired) electrons. The summed E-state index contributed by atoms with van der Waals surface area (Å²) in [6.45, 7) is 4.32. The molecule has 2 rings (SSSR count). The number of nitrogens with zero attached hydrogens (tertiary/aromatic N) is 1. The van der Waals surface area contributed by atoms with Crippen molar-refractivity contribution in [3.05, 3.63) is 23.8 Å². The molecule has 21 heavy (non-hydrogen) atoms. The van der Waals surface area contributed by atoms with Crippen LogP contribution in [0.1, 0.15) is 32.6 Å². The van der Waals surface area contributed by atoms with Gasteiger partial charge in [0.05, 0.1) is 12.2 Å². The van der Waals surface area contributed by atoms with Gasteiger partial charge in [0.25, 0.3) is 0 Å². The van der Waals surface area contributed by atoms with Crippen molar-refractivity contribution < 1.29 is 19.4 Å². The van der Waals surface area contributed by atoms with Crippen molar-refractivity contribution in [3.8, 4) is 0 Å². The molecule has 5 nitrogen and oxygen atoms in total. The molecule has 118 valence electrons. The van der Waals surface area contributed by atoms with E-state index in [9.17, 15) is 9.90 Å². The quantitative estimate of drug-likeness (QED) is 0.761. The van der Waals surface area contributed by atoms with Gasteiger partial charge in [0, 0.05) is 7.11 Å². The van der Waals surface area contributed by atoms with Gasteiger partial charge in [-0.05, 0) is 38.4 Å². The van der Waals surface area contributed by atoms with Crippen LogP contribution in [0, 0.1) is 0 Å². The molecule has 1 saturated heterocycles. The van der Waals surface area contributed by atoms with Gasteiger partial charge in [-0.2, -0.15) is 0 Å². The molecule has 0 amide bonds. The number of likely N-dealkylation sites (tertiary alicyclic amines) is 1. The lowest BCUT2D eigenvalue weighted by Crippen LogP contribution is -2.58. The van der Waals surface area contributed by atoms with Crippen LogP contribution >= 0.6 is 0 Å². The average molecular weight is 295 g/mol. The van der Waals surface area contributed by atoms with E-state index in [4.69, 9.17) is 9.47 Å². The lowest BCUT2D eigenvalue weighted by Gasteiger charge is -2.45. The van der Waals surface area contributed by atoms with Gasteiger partial charge in [0.15, 0.2) is 0 Å². The Morgan fingerprint density at radius 1 is 1.43 bits per heavy atom. The van der Waals surface area contributed by atoms with Crippen LogP contribution in [0.15, 0.2) is 23.8 Å². The number of carbonyl (C=O) groups is 1. The van der Waals surface area contributed by atoms with E-state index in [-0.39, 0.29) is 0 Å². The van der Waals surface area contributed by atoms with Crippen LogP contribution in [-0.4, -0.2) is 54.6 Å². The van der Waals surface area contributed by atoms with Crippen molar-refractivity contribution in [1.82, 2.24) is 4.90 Å². The van der Waals surface area contributed by atoms with E-state index in [0.29, 0.717) is 12.2 Å². The number of piperidine rings is 1. The molecule has 1 heterocycles. The largest absolute Gasteiger partial charge is 0.478 e. The number of aliphatic carboxylic acids is 1. The number of rotatable bonds is 6. The third kappa shape index (κ3) is 3.36. The number of carboxylic acid groups (broad SMARTS) is 1. The summed E-state index contributed by atoms with van der Waals surface area (Å²) in [7, 11) is 1.59. The molecule has 1 aliphatic heterocycles. The zero-order valence-electron chi connectivity index (χ0n) is 12.9. The third-order valence-electron chi connectivity index (χ3n) is 4.13. The normalized spacial score (nSPS) is 30.2. The average Bonchev–Trinajstić information content (AvgIpc) is 2.53. The van der Waals surface area contributed by atoms with Crippen molar-refractivity contribution in [2.75, 3.05) is 26.8 Å². The number of hydrogen-bond donors (Lipinski definition) is 1. The highest BCUT2D eigenvalue weighted by atomic mass is 16.7.